The van der Waals surface area contributed by atoms with E-state index in [1.54, 1.807) is 24.4 Å². The Morgan fingerprint density at radius 1 is 1.18 bits per heavy atom. The third kappa shape index (κ3) is 4.34. The average Bonchev–Trinajstić information content (AvgIpc) is 2.98. The van der Waals surface area contributed by atoms with E-state index >= 15 is 0 Å². The van der Waals surface area contributed by atoms with Crippen molar-refractivity contribution >= 4 is 35.2 Å². The normalized spacial score (nSPS) is 16.7. The first kappa shape index (κ1) is 18.9. The summed E-state index contributed by atoms with van der Waals surface area (Å²) in [7, 11) is 0. The number of hydrogen-bond acceptors (Lipinski definition) is 5. The van der Waals surface area contributed by atoms with Gasteiger partial charge in [0.05, 0.1) is 11.1 Å². The van der Waals surface area contributed by atoms with E-state index in [2.05, 4.69) is 23.0 Å². The van der Waals surface area contributed by atoms with Crippen LogP contribution in [0.15, 0.2) is 68.2 Å². The van der Waals surface area contributed by atoms with Crippen molar-refractivity contribution in [3.63, 3.8) is 0 Å². The SMILES string of the molecule is CC1CC=C(c2nc(-c3ccc(F)cc3)oc2Sc2ccc(Cl)cn2)CC=N1. The van der Waals surface area contributed by atoms with Crippen LogP contribution in [-0.4, -0.2) is 22.2 Å². The molecular formula is C21H17ClFN3OS. The van der Waals surface area contributed by atoms with Gasteiger partial charge in [-0.1, -0.05) is 17.7 Å². The number of halogens is 2. The van der Waals surface area contributed by atoms with Crippen LogP contribution in [0.1, 0.15) is 25.5 Å². The highest BCUT2D eigenvalue weighted by Gasteiger charge is 2.20. The van der Waals surface area contributed by atoms with Gasteiger partial charge >= 0.3 is 0 Å². The minimum atomic E-state index is -0.299. The Bertz CT molecular complexity index is 1030. The Hall–Kier alpha value is -2.44. The van der Waals surface area contributed by atoms with Crippen molar-refractivity contribution < 1.29 is 8.81 Å². The Morgan fingerprint density at radius 3 is 2.75 bits per heavy atom. The van der Waals surface area contributed by atoms with Crippen LogP contribution < -0.4 is 0 Å². The third-order valence-corrected chi connectivity index (χ3v) is 5.40. The topological polar surface area (TPSA) is 51.3 Å². The second-order valence-electron chi connectivity index (χ2n) is 6.43. The lowest BCUT2D eigenvalue weighted by Crippen LogP contribution is -1.92. The number of rotatable bonds is 4. The molecule has 0 amide bonds. The van der Waals surface area contributed by atoms with E-state index < -0.39 is 0 Å². The van der Waals surface area contributed by atoms with Crippen LogP contribution in [0.5, 0.6) is 0 Å². The smallest absolute Gasteiger partial charge is 0.228 e. The van der Waals surface area contributed by atoms with Gasteiger partial charge in [-0.15, -0.1) is 0 Å². The summed E-state index contributed by atoms with van der Waals surface area (Å²) < 4.78 is 19.3. The van der Waals surface area contributed by atoms with Crippen LogP contribution in [0.3, 0.4) is 0 Å². The monoisotopic (exact) mass is 413 g/mol. The molecule has 2 aromatic heterocycles. The summed E-state index contributed by atoms with van der Waals surface area (Å²) in [5.74, 6) is 0.147. The van der Waals surface area contributed by atoms with Crippen molar-refractivity contribution in [1.82, 2.24) is 9.97 Å². The van der Waals surface area contributed by atoms with Gasteiger partial charge in [-0.25, -0.2) is 14.4 Å². The maximum absolute atomic E-state index is 13.3. The average molecular weight is 414 g/mol. The standard InChI is InChI=1S/C21H17ClFN3OS/c1-13-2-3-14(10-11-24-13)19-21(28-18-9-6-16(22)12-25-18)27-20(26-19)15-4-7-17(23)8-5-15/h3-9,11-13H,2,10H2,1H3. The van der Waals surface area contributed by atoms with Crippen LogP contribution in [0, 0.1) is 5.82 Å². The van der Waals surface area contributed by atoms with Gasteiger partial charge in [0, 0.05) is 24.4 Å². The van der Waals surface area contributed by atoms with Gasteiger partial charge < -0.3 is 4.42 Å². The third-order valence-electron chi connectivity index (χ3n) is 4.27. The number of oxazole rings is 1. The van der Waals surface area contributed by atoms with Crippen LogP contribution in [0.25, 0.3) is 17.0 Å². The highest BCUT2D eigenvalue weighted by atomic mass is 35.5. The van der Waals surface area contributed by atoms with Gasteiger partial charge in [0.2, 0.25) is 5.89 Å². The summed E-state index contributed by atoms with van der Waals surface area (Å²) in [6.45, 7) is 2.08. The lowest BCUT2D eigenvalue weighted by Gasteiger charge is -2.03. The molecule has 1 aromatic carbocycles. The van der Waals surface area contributed by atoms with Gasteiger partial charge in [-0.05, 0) is 67.1 Å². The van der Waals surface area contributed by atoms with Gasteiger partial charge in [-0.2, -0.15) is 0 Å². The molecule has 3 heterocycles. The molecule has 28 heavy (non-hydrogen) atoms. The Balaban J connectivity index is 1.74. The molecule has 0 saturated carbocycles. The van der Waals surface area contributed by atoms with Gasteiger partial charge in [0.25, 0.3) is 0 Å². The van der Waals surface area contributed by atoms with E-state index in [1.165, 1.54) is 23.9 Å². The molecule has 142 valence electrons. The molecule has 1 unspecified atom stereocenters. The number of hydrogen-bond donors (Lipinski definition) is 0. The number of aliphatic imine (C=N–C) groups is 1. The summed E-state index contributed by atoms with van der Waals surface area (Å²) in [5, 5.41) is 1.97. The first-order valence-corrected chi connectivity index (χ1v) is 10.0. The van der Waals surface area contributed by atoms with Crippen molar-refractivity contribution in [3.05, 3.63) is 65.2 Å². The molecule has 3 aromatic rings. The molecule has 0 spiro atoms. The fourth-order valence-corrected chi connectivity index (χ4v) is 3.73. The molecule has 0 N–H and O–H groups in total. The zero-order valence-corrected chi connectivity index (χ0v) is 16.7. The van der Waals surface area contributed by atoms with Crippen molar-refractivity contribution in [2.45, 2.75) is 35.9 Å². The summed E-state index contributed by atoms with van der Waals surface area (Å²) in [4.78, 5) is 13.5. The predicted molar refractivity (Wildman–Crippen MR) is 110 cm³/mol. The van der Waals surface area contributed by atoms with Gasteiger partial charge in [0.15, 0.2) is 5.09 Å². The zero-order chi connectivity index (χ0) is 19.5. The number of benzene rings is 1. The maximum Gasteiger partial charge on any atom is 0.228 e. The fraction of sp³-hybridized carbons (Fsp3) is 0.190. The Kier molecular flexibility index (Phi) is 5.59. The molecular weight excluding hydrogens is 397 g/mol. The summed E-state index contributed by atoms with van der Waals surface area (Å²) in [6, 6.07) is 9.97. The molecule has 0 radical (unpaired) electrons. The minimum absolute atomic E-state index is 0.245. The number of aromatic nitrogens is 2. The number of nitrogens with zero attached hydrogens (tertiary/aromatic N) is 3. The van der Waals surface area contributed by atoms with E-state index in [1.807, 2.05) is 12.3 Å². The van der Waals surface area contributed by atoms with Crippen LogP contribution >= 0.6 is 23.4 Å². The molecule has 0 bridgehead atoms. The minimum Gasteiger partial charge on any atom is -0.429 e. The lowest BCUT2D eigenvalue weighted by molar-refractivity contribution is 0.482. The van der Waals surface area contributed by atoms with Crippen LogP contribution in [-0.2, 0) is 0 Å². The van der Waals surface area contributed by atoms with Gasteiger partial charge in [0.1, 0.15) is 16.5 Å². The van der Waals surface area contributed by atoms with Crippen LogP contribution in [0.2, 0.25) is 5.02 Å². The molecule has 4 rings (SSSR count). The first-order chi connectivity index (χ1) is 13.6. The molecule has 4 nitrogen and oxygen atoms in total. The summed E-state index contributed by atoms with van der Waals surface area (Å²) >= 11 is 7.32. The Labute approximate surface area is 171 Å². The molecule has 0 saturated heterocycles. The zero-order valence-electron chi connectivity index (χ0n) is 15.1. The van der Waals surface area contributed by atoms with Crippen LogP contribution in [0.4, 0.5) is 4.39 Å². The summed E-state index contributed by atoms with van der Waals surface area (Å²) in [5.41, 5.74) is 2.54. The molecule has 0 aliphatic carbocycles. The van der Waals surface area contributed by atoms with Crippen molar-refractivity contribution in [3.8, 4) is 11.5 Å². The van der Waals surface area contributed by atoms with Crippen molar-refractivity contribution in [2.75, 3.05) is 0 Å². The van der Waals surface area contributed by atoms with Crippen molar-refractivity contribution in [1.29, 1.82) is 0 Å². The highest BCUT2D eigenvalue weighted by Crippen LogP contribution is 2.38. The summed E-state index contributed by atoms with van der Waals surface area (Å²) in [6.07, 6.45) is 7.20. The maximum atomic E-state index is 13.3. The molecule has 7 heteroatoms. The molecule has 1 aliphatic heterocycles. The predicted octanol–water partition coefficient (Wildman–Crippen LogP) is 6.32. The number of allylic oxidation sites excluding steroid dienone is 1. The van der Waals surface area contributed by atoms with E-state index in [0.29, 0.717) is 22.4 Å². The highest BCUT2D eigenvalue weighted by molar-refractivity contribution is 7.99. The Morgan fingerprint density at radius 2 is 2.00 bits per heavy atom. The lowest BCUT2D eigenvalue weighted by atomic mass is 10.1. The first-order valence-electron chi connectivity index (χ1n) is 8.85. The molecule has 0 fully saturated rings. The van der Waals surface area contributed by atoms with Gasteiger partial charge in [-0.3, -0.25) is 4.99 Å². The fourth-order valence-electron chi connectivity index (χ4n) is 2.79. The second kappa shape index (κ2) is 8.29. The molecule has 1 aliphatic rings. The molecule has 1 atom stereocenters. The second-order valence-corrected chi connectivity index (χ2v) is 7.86. The van der Waals surface area contributed by atoms with E-state index in [-0.39, 0.29) is 11.9 Å². The van der Waals surface area contributed by atoms with E-state index in [9.17, 15) is 4.39 Å². The number of pyridine rings is 1. The van der Waals surface area contributed by atoms with Crippen molar-refractivity contribution in [2.24, 2.45) is 4.99 Å². The largest absolute Gasteiger partial charge is 0.429 e. The van der Waals surface area contributed by atoms with E-state index in [0.717, 1.165) is 28.3 Å². The van der Waals surface area contributed by atoms with E-state index in [4.69, 9.17) is 21.0 Å². The quantitative estimate of drug-likeness (QED) is 0.502.